The molecule has 1 aromatic heterocycles. The van der Waals surface area contributed by atoms with E-state index in [1.807, 2.05) is 26.0 Å². The summed E-state index contributed by atoms with van der Waals surface area (Å²) in [5, 5.41) is 0. The van der Waals surface area contributed by atoms with Gasteiger partial charge in [0.1, 0.15) is 5.75 Å². The van der Waals surface area contributed by atoms with Gasteiger partial charge in [-0.15, -0.1) is 0 Å². The number of esters is 2. The van der Waals surface area contributed by atoms with E-state index in [0.717, 1.165) is 9.13 Å². The molecular weight excluding hydrogens is 755 g/mol. The second-order valence-corrected chi connectivity index (χ2v) is 12.6. The summed E-state index contributed by atoms with van der Waals surface area (Å²) < 4.78 is 30.4. The van der Waals surface area contributed by atoms with Crippen molar-refractivity contribution in [3.8, 4) is 17.2 Å². The first-order valence-electron chi connectivity index (χ1n) is 13.2. The molecule has 3 aromatic rings. The first-order valence-corrected chi connectivity index (χ1v) is 15.9. The van der Waals surface area contributed by atoms with E-state index in [1.165, 1.54) is 30.1 Å². The van der Waals surface area contributed by atoms with Crippen molar-refractivity contribution in [3.05, 3.63) is 80.5 Å². The molecule has 0 radical (unpaired) electrons. The van der Waals surface area contributed by atoms with E-state index in [-0.39, 0.29) is 30.5 Å². The minimum absolute atomic E-state index is 0.0776. The van der Waals surface area contributed by atoms with Gasteiger partial charge < -0.3 is 23.7 Å². The number of fused-ring (bicyclic) bond motifs is 1. The van der Waals surface area contributed by atoms with Crippen molar-refractivity contribution in [2.24, 2.45) is 4.99 Å². The number of nitrogens with zero attached hydrogens (tertiary/aromatic N) is 2. The number of hydrogen-bond acceptors (Lipinski definition) is 10. The minimum atomic E-state index is -0.805. The monoisotopic (exact) mass is 784 g/mol. The van der Waals surface area contributed by atoms with Crippen LogP contribution in [0, 0.1) is 3.57 Å². The van der Waals surface area contributed by atoms with E-state index in [0.29, 0.717) is 42.3 Å². The second-order valence-electron chi connectivity index (χ2n) is 9.56. The molecule has 0 aliphatic carbocycles. The van der Waals surface area contributed by atoms with Crippen LogP contribution in [0.25, 0.3) is 6.08 Å². The molecule has 0 bridgehead atoms. The number of aromatic nitrogens is 1. The molecule has 0 spiro atoms. The summed E-state index contributed by atoms with van der Waals surface area (Å²) in [4.78, 5) is 43.9. The summed E-state index contributed by atoms with van der Waals surface area (Å²) in [5.41, 5.74) is 1.78. The van der Waals surface area contributed by atoms with Crippen molar-refractivity contribution in [3.63, 3.8) is 0 Å². The topological polar surface area (TPSA) is 115 Å². The van der Waals surface area contributed by atoms with Gasteiger partial charge in [0.15, 0.2) is 22.9 Å². The van der Waals surface area contributed by atoms with Gasteiger partial charge in [0.2, 0.25) is 0 Å². The first kappa shape index (κ1) is 32.7. The van der Waals surface area contributed by atoms with E-state index >= 15 is 0 Å². The highest BCUT2D eigenvalue weighted by molar-refractivity contribution is 14.1. The Morgan fingerprint density at radius 2 is 1.93 bits per heavy atom. The highest BCUT2D eigenvalue weighted by Crippen LogP contribution is 2.37. The Bertz CT molecular complexity index is 1760. The Labute approximate surface area is 274 Å². The fraction of sp³-hybridized carbons (Fsp3) is 0.333. The Morgan fingerprint density at radius 1 is 1.19 bits per heavy atom. The number of halogens is 2. The van der Waals surface area contributed by atoms with E-state index in [2.05, 4.69) is 48.3 Å². The number of rotatable bonds is 10. The Morgan fingerprint density at radius 3 is 2.56 bits per heavy atom. The number of carbonyl (C=O) groups is 2. The summed E-state index contributed by atoms with van der Waals surface area (Å²) in [6.07, 6.45) is 1.67. The number of allylic oxidation sites excluding steroid dienone is 1. The Hall–Kier alpha value is -3.17. The van der Waals surface area contributed by atoms with E-state index in [4.69, 9.17) is 18.9 Å². The fourth-order valence-electron chi connectivity index (χ4n) is 4.45. The average molecular weight is 785 g/mol. The Kier molecular flexibility index (Phi) is 10.7. The molecule has 43 heavy (non-hydrogen) atoms. The van der Waals surface area contributed by atoms with Crippen LogP contribution in [0.15, 0.2) is 55.9 Å². The van der Waals surface area contributed by atoms with Gasteiger partial charge in [0.05, 0.1) is 56.8 Å². The van der Waals surface area contributed by atoms with Gasteiger partial charge in [-0.3, -0.25) is 9.36 Å². The van der Waals surface area contributed by atoms with Crippen LogP contribution in [0.3, 0.4) is 0 Å². The normalized spacial score (nSPS) is 14.7. The second kappa shape index (κ2) is 14.1. The number of benzene rings is 2. The van der Waals surface area contributed by atoms with Crippen molar-refractivity contribution in [1.82, 2.24) is 4.57 Å². The third-order valence-corrected chi connectivity index (χ3v) is 8.64. The number of carbonyl (C=O) groups excluding carboxylic acids is 2. The number of ether oxygens (including phenoxy) is 5. The van der Waals surface area contributed by atoms with E-state index in [1.54, 1.807) is 38.1 Å². The number of methoxy groups -OCH3 is 2. The zero-order chi connectivity index (χ0) is 31.4. The molecule has 0 amide bonds. The maximum Gasteiger partial charge on any atom is 0.343 e. The number of thiazole rings is 1. The van der Waals surface area contributed by atoms with E-state index in [9.17, 15) is 14.4 Å². The lowest BCUT2D eigenvalue weighted by atomic mass is 9.95. The third kappa shape index (κ3) is 7.15. The third-order valence-electron chi connectivity index (χ3n) is 6.26. The van der Waals surface area contributed by atoms with Crippen molar-refractivity contribution in [2.75, 3.05) is 27.4 Å². The van der Waals surface area contributed by atoms with Crippen LogP contribution in [-0.4, -0.2) is 50.0 Å². The van der Waals surface area contributed by atoms with Crippen LogP contribution < -0.4 is 29.1 Å². The molecule has 0 N–H and O–H groups in total. The van der Waals surface area contributed by atoms with Gasteiger partial charge >= 0.3 is 11.9 Å². The lowest BCUT2D eigenvalue weighted by Gasteiger charge is -2.25. The van der Waals surface area contributed by atoms with Gasteiger partial charge in [-0.2, -0.15) is 0 Å². The predicted molar refractivity (Wildman–Crippen MR) is 174 cm³/mol. The van der Waals surface area contributed by atoms with E-state index < -0.39 is 18.0 Å². The SMILES string of the molecule is CCOC(=O)C1=C(C)N=c2s/c(=C\c3cc(Br)c(OCC(=O)OC)c(I)c3)c(=O)n2[C@@H]1c1ccc(OC(C)C)c(OC)c1. The molecular formula is C30H30BrIN2O8S. The van der Waals surface area contributed by atoms with Crippen LogP contribution in [0.4, 0.5) is 0 Å². The Balaban J connectivity index is 1.86. The first-order chi connectivity index (χ1) is 20.5. The van der Waals surface area contributed by atoms with Gasteiger partial charge in [-0.25, -0.2) is 14.6 Å². The average Bonchev–Trinajstić information content (AvgIpc) is 3.25. The largest absolute Gasteiger partial charge is 0.493 e. The van der Waals surface area contributed by atoms with Gasteiger partial charge in [0, 0.05) is 0 Å². The molecule has 0 fully saturated rings. The summed E-state index contributed by atoms with van der Waals surface area (Å²) in [7, 11) is 2.83. The zero-order valence-corrected chi connectivity index (χ0v) is 28.9. The summed E-state index contributed by atoms with van der Waals surface area (Å²) in [6.45, 7) is 7.22. The van der Waals surface area contributed by atoms with Crippen LogP contribution in [0.2, 0.25) is 0 Å². The van der Waals surface area contributed by atoms with Crippen LogP contribution >= 0.6 is 49.9 Å². The molecule has 0 unspecified atom stereocenters. The maximum atomic E-state index is 14.0. The standard InChI is InChI=1S/C30H30BrIN2O8S/c1-7-40-29(37)25-16(4)33-30-34(26(25)18-8-9-21(42-15(2)3)22(13-18)38-5)28(36)23(43-30)12-17-10-19(31)27(20(32)11-17)41-14-24(35)39-6/h8-13,15,26H,7,14H2,1-6H3/b23-12-/t26-/m1/s1. The molecule has 2 heterocycles. The highest BCUT2D eigenvalue weighted by Gasteiger charge is 2.34. The lowest BCUT2D eigenvalue weighted by molar-refractivity contribution is -0.143. The van der Waals surface area contributed by atoms with Gasteiger partial charge in [0.25, 0.3) is 5.56 Å². The van der Waals surface area contributed by atoms with Crippen LogP contribution in [-0.2, 0) is 19.1 Å². The molecule has 4 rings (SSSR count). The summed E-state index contributed by atoms with van der Waals surface area (Å²) >= 11 is 6.82. The zero-order valence-electron chi connectivity index (χ0n) is 24.4. The summed E-state index contributed by atoms with van der Waals surface area (Å²) in [6, 6.07) is 8.17. The maximum absolute atomic E-state index is 14.0. The highest BCUT2D eigenvalue weighted by atomic mass is 127. The molecule has 2 aromatic carbocycles. The van der Waals surface area contributed by atoms with Crippen molar-refractivity contribution < 1.29 is 33.3 Å². The molecule has 10 nitrogen and oxygen atoms in total. The van der Waals surface area contributed by atoms with Crippen molar-refractivity contribution in [1.29, 1.82) is 0 Å². The van der Waals surface area contributed by atoms with Crippen molar-refractivity contribution >= 4 is 67.9 Å². The van der Waals surface area contributed by atoms with Gasteiger partial charge in [-0.05, 0) is 108 Å². The minimum Gasteiger partial charge on any atom is -0.493 e. The molecule has 228 valence electrons. The van der Waals surface area contributed by atoms with Gasteiger partial charge in [-0.1, -0.05) is 17.4 Å². The smallest absolute Gasteiger partial charge is 0.343 e. The molecule has 1 aliphatic heterocycles. The van der Waals surface area contributed by atoms with Crippen LogP contribution in [0.5, 0.6) is 17.2 Å². The molecule has 1 atom stereocenters. The fourth-order valence-corrected chi connectivity index (χ4v) is 7.27. The lowest BCUT2D eigenvalue weighted by Crippen LogP contribution is -2.40. The van der Waals surface area contributed by atoms with Crippen LogP contribution in [0.1, 0.15) is 44.9 Å². The quantitative estimate of drug-likeness (QED) is 0.218. The molecule has 0 saturated heterocycles. The predicted octanol–water partition coefficient (Wildman–Crippen LogP) is 4.51. The number of hydrogen-bond donors (Lipinski definition) is 0. The van der Waals surface area contributed by atoms with Crippen molar-refractivity contribution in [2.45, 2.75) is 39.8 Å². The molecule has 0 saturated carbocycles. The molecule has 1 aliphatic rings. The summed E-state index contributed by atoms with van der Waals surface area (Å²) in [5.74, 6) is 0.453. The molecule has 13 heteroatoms.